The van der Waals surface area contributed by atoms with Gasteiger partial charge in [-0.15, -0.1) is 0 Å². The molecule has 2 aromatic rings. The maximum Gasteiger partial charge on any atom is 0.123 e. The van der Waals surface area contributed by atoms with E-state index >= 15 is 0 Å². The fourth-order valence-electron chi connectivity index (χ4n) is 1.49. The first kappa shape index (κ1) is 13.7. The van der Waals surface area contributed by atoms with E-state index in [0.717, 1.165) is 0 Å². The van der Waals surface area contributed by atoms with Crippen molar-refractivity contribution in [1.82, 2.24) is 0 Å². The number of hydrogen-bond donors (Lipinski definition) is 0. The first-order valence-corrected chi connectivity index (χ1v) is 7.21. The quantitative estimate of drug-likeness (QED) is 0.863. The number of rotatable bonds is 4. The average Bonchev–Trinajstić information content (AvgIpc) is 2.39. The largest absolute Gasteiger partial charge is 0.570 e. The zero-order valence-electron chi connectivity index (χ0n) is 10.1. The number of halogens is 1. The van der Waals surface area contributed by atoms with Crippen molar-refractivity contribution in [2.24, 2.45) is 0 Å². The molecule has 19 heavy (non-hydrogen) atoms. The van der Waals surface area contributed by atoms with Crippen molar-refractivity contribution in [3.63, 3.8) is 0 Å². The molecule has 0 spiro atoms. The molecule has 0 aromatic heterocycles. The van der Waals surface area contributed by atoms with Gasteiger partial charge in [0.1, 0.15) is 15.8 Å². The molecule has 4 nitrogen and oxygen atoms in total. The van der Waals surface area contributed by atoms with E-state index in [9.17, 15) is 8.42 Å². The Bertz CT molecular complexity index is 669. The van der Waals surface area contributed by atoms with Gasteiger partial charge in [0.25, 0.3) is 0 Å². The Morgan fingerprint density at radius 1 is 1.05 bits per heavy atom. The second kappa shape index (κ2) is 5.50. The van der Waals surface area contributed by atoms with Gasteiger partial charge in [0.05, 0.1) is 12.0 Å². The Hall–Kier alpha value is -1.72. The lowest BCUT2D eigenvalue weighted by molar-refractivity contribution is 0.417. The molecule has 2 rings (SSSR count). The van der Waals surface area contributed by atoms with Crippen LogP contribution in [0.4, 0.5) is 5.69 Å². The van der Waals surface area contributed by atoms with E-state index in [-0.39, 0.29) is 10.6 Å². The molecule has 100 valence electrons. The molecule has 0 radical (unpaired) electrons. The Labute approximate surface area is 117 Å². The first-order chi connectivity index (χ1) is 9.03. The van der Waals surface area contributed by atoms with Crippen molar-refractivity contribution in [1.29, 1.82) is 0 Å². The van der Waals surface area contributed by atoms with Crippen LogP contribution in [0.25, 0.3) is 4.72 Å². The summed E-state index contributed by atoms with van der Waals surface area (Å²) in [6.07, 6.45) is 0. The number of sulfonamides is 1. The lowest BCUT2D eigenvalue weighted by Crippen LogP contribution is -1.98. The monoisotopic (exact) mass is 296 g/mol. The van der Waals surface area contributed by atoms with Crippen LogP contribution in [0.5, 0.6) is 5.75 Å². The lowest BCUT2D eigenvalue weighted by Gasteiger charge is -2.24. The fraction of sp³-hybridized carbons (Fsp3) is 0.0769. The Morgan fingerprint density at radius 2 is 1.68 bits per heavy atom. The zero-order valence-corrected chi connectivity index (χ0v) is 11.6. The molecular weight excluding hydrogens is 286 g/mol. The minimum absolute atomic E-state index is 0.0859. The molecule has 0 bridgehead atoms. The summed E-state index contributed by atoms with van der Waals surface area (Å²) in [6, 6.07) is 12.5. The number of methoxy groups -OCH3 is 1. The molecule has 0 N–H and O–H groups in total. The van der Waals surface area contributed by atoms with Gasteiger partial charge in [-0.1, -0.05) is 35.5 Å². The van der Waals surface area contributed by atoms with E-state index in [4.69, 9.17) is 16.3 Å². The van der Waals surface area contributed by atoms with Crippen molar-refractivity contribution >= 4 is 27.3 Å². The van der Waals surface area contributed by atoms with Crippen LogP contribution < -0.4 is 4.74 Å². The predicted molar refractivity (Wildman–Crippen MR) is 74.7 cm³/mol. The van der Waals surface area contributed by atoms with E-state index in [2.05, 4.69) is 4.72 Å². The number of benzene rings is 2. The Kier molecular flexibility index (Phi) is 3.97. The maximum absolute atomic E-state index is 12.1. The van der Waals surface area contributed by atoms with Crippen molar-refractivity contribution in [3.8, 4) is 5.75 Å². The van der Waals surface area contributed by atoms with Crippen LogP contribution in [0, 0.1) is 0 Å². The molecule has 0 unspecified atom stereocenters. The van der Waals surface area contributed by atoms with Crippen LogP contribution in [-0.2, 0) is 10.0 Å². The van der Waals surface area contributed by atoms with Gasteiger partial charge in [-0.25, -0.2) is 8.42 Å². The standard InChI is InChI=1S/C13H11ClNO3S/c1-18-13-5-3-2-4-12(13)15-19(16,17)11-8-6-10(14)7-9-11/h2-9H,1H3/q-1. The van der Waals surface area contributed by atoms with E-state index in [1.807, 2.05) is 0 Å². The van der Waals surface area contributed by atoms with Crippen molar-refractivity contribution < 1.29 is 13.2 Å². The van der Waals surface area contributed by atoms with Crippen LogP contribution in [0.15, 0.2) is 53.4 Å². The molecule has 0 aliphatic carbocycles. The highest BCUT2D eigenvalue weighted by molar-refractivity contribution is 7.94. The molecule has 0 aliphatic rings. The SMILES string of the molecule is COc1ccccc1[N-]S(=O)(=O)c1ccc(Cl)cc1. The average molecular weight is 297 g/mol. The molecular formula is C13H11ClNO3S-. The summed E-state index contributed by atoms with van der Waals surface area (Å²) < 4.78 is 33.1. The lowest BCUT2D eigenvalue weighted by atomic mass is 10.3. The van der Waals surface area contributed by atoms with Crippen LogP contribution in [0.2, 0.25) is 5.02 Å². The molecule has 0 saturated carbocycles. The molecule has 0 saturated heterocycles. The Morgan fingerprint density at radius 3 is 2.32 bits per heavy atom. The predicted octanol–water partition coefficient (Wildman–Crippen LogP) is 3.74. The molecule has 0 atom stereocenters. The minimum atomic E-state index is -3.78. The third-order valence-electron chi connectivity index (χ3n) is 2.42. The summed E-state index contributed by atoms with van der Waals surface area (Å²) >= 11 is 5.72. The first-order valence-electron chi connectivity index (χ1n) is 5.39. The number of ether oxygens (including phenoxy) is 1. The number of nitrogens with zero attached hydrogens (tertiary/aromatic N) is 1. The highest BCUT2D eigenvalue weighted by atomic mass is 35.5. The van der Waals surface area contributed by atoms with Crippen LogP contribution in [0.1, 0.15) is 0 Å². The van der Waals surface area contributed by atoms with Gasteiger partial charge in [0.15, 0.2) is 0 Å². The van der Waals surface area contributed by atoms with E-state index < -0.39 is 10.0 Å². The minimum Gasteiger partial charge on any atom is -0.570 e. The third kappa shape index (κ3) is 3.19. The topological polar surface area (TPSA) is 57.5 Å². The normalized spacial score (nSPS) is 11.1. The third-order valence-corrected chi connectivity index (χ3v) is 3.97. The zero-order chi connectivity index (χ0) is 13.9. The Balaban J connectivity index is 2.34. The van der Waals surface area contributed by atoms with Crippen LogP contribution in [-0.4, -0.2) is 15.5 Å². The molecule has 0 heterocycles. The van der Waals surface area contributed by atoms with Crippen molar-refractivity contribution in [2.75, 3.05) is 7.11 Å². The highest BCUT2D eigenvalue weighted by Crippen LogP contribution is 2.35. The van der Waals surface area contributed by atoms with Gasteiger partial charge in [-0.05, 0) is 30.3 Å². The summed E-state index contributed by atoms with van der Waals surface area (Å²) in [6.45, 7) is 0. The summed E-state index contributed by atoms with van der Waals surface area (Å²) in [4.78, 5) is 0.0859. The second-order valence-corrected chi connectivity index (χ2v) is 5.73. The van der Waals surface area contributed by atoms with E-state index in [0.29, 0.717) is 10.8 Å². The van der Waals surface area contributed by atoms with Gasteiger partial charge in [-0.2, -0.15) is 0 Å². The van der Waals surface area contributed by atoms with Crippen LogP contribution >= 0.6 is 11.6 Å². The van der Waals surface area contributed by atoms with Crippen molar-refractivity contribution in [2.45, 2.75) is 4.90 Å². The number of para-hydroxylation sites is 1. The molecule has 0 amide bonds. The molecule has 0 aliphatic heterocycles. The molecule has 2 aromatic carbocycles. The maximum atomic E-state index is 12.1. The summed E-state index contributed by atoms with van der Waals surface area (Å²) in [5.41, 5.74) is 0.264. The fourth-order valence-corrected chi connectivity index (χ4v) is 2.62. The van der Waals surface area contributed by atoms with Gasteiger partial charge in [-0.3, -0.25) is 0 Å². The molecule has 0 fully saturated rings. The van der Waals surface area contributed by atoms with Gasteiger partial charge in [0, 0.05) is 5.02 Å². The summed E-state index contributed by atoms with van der Waals surface area (Å²) in [5.74, 6) is 0.403. The highest BCUT2D eigenvalue weighted by Gasteiger charge is 2.06. The smallest absolute Gasteiger partial charge is 0.123 e. The number of hydrogen-bond acceptors (Lipinski definition) is 3. The summed E-state index contributed by atoms with van der Waals surface area (Å²) in [5, 5.41) is 0.469. The van der Waals surface area contributed by atoms with Gasteiger partial charge >= 0.3 is 0 Å². The van der Waals surface area contributed by atoms with E-state index in [1.54, 1.807) is 24.3 Å². The summed E-state index contributed by atoms with van der Waals surface area (Å²) in [7, 11) is -2.31. The second-order valence-electron chi connectivity index (χ2n) is 3.69. The van der Waals surface area contributed by atoms with Gasteiger partial charge < -0.3 is 9.46 Å². The van der Waals surface area contributed by atoms with Gasteiger partial charge in [0.2, 0.25) is 0 Å². The molecule has 6 heteroatoms. The van der Waals surface area contributed by atoms with Crippen LogP contribution in [0.3, 0.4) is 0 Å². The van der Waals surface area contributed by atoms with Crippen molar-refractivity contribution in [3.05, 3.63) is 58.3 Å². The van der Waals surface area contributed by atoms with E-state index in [1.165, 1.54) is 31.4 Å².